The van der Waals surface area contributed by atoms with Gasteiger partial charge < -0.3 is 10.1 Å². The maximum Gasteiger partial charge on any atom is 0.326 e. The lowest BCUT2D eigenvalue weighted by atomic mass is 9.92. The Labute approximate surface area is 157 Å². The van der Waals surface area contributed by atoms with Crippen LogP contribution in [-0.2, 0) is 19.9 Å². The number of ether oxygens (including phenoxy) is 1. The summed E-state index contributed by atoms with van der Waals surface area (Å²) in [6, 6.07) is 17.9. The van der Waals surface area contributed by atoms with E-state index in [0.717, 1.165) is 10.5 Å². The molecule has 0 spiro atoms. The van der Waals surface area contributed by atoms with Crippen molar-refractivity contribution in [1.29, 1.82) is 0 Å². The predicted octanol–water partition coefficient (Wildman–Crippen LogP) is 2.71. The molecule has 1 atom stereocenters. The van der Waals surface area contributed by atoms with E-state index in [2.05, 4.69) is 5.32 Å². The number of rotatable bonds is 6. The highest BCUT2D eigenvalue weighted by Gasteiger charge is 2.49. The fourth-order valence-corrected chi connectivity index (χ4v) is 2.87. The van der Waals surface area contributed by atoms with Crippen molar-refractivity contribution >= 4 is 24.0 Å². The Bertz CT molecular complexity index is 864. The van der Waals surface area contributed by atoms with Gasteiger partial charge in [0, 0.05) is 0 Å². The first kappa shape index (κ1) is 18.4. The van der Waals surface area contributed by atoms with Crippen molar-refractivity contribution in [2.24, 2.45) is 0 Å². The maximum absolute atomic E-state index is 12.7. The Kier molecular flexibility index (Phi) is 5.35. The van der Waals surface area contributed by atoms with Crippen LogP contribution in [0.2, 0.25) is 0 Å². The summed E-state index contributed by atoms with van der Waals surface area (Å²) in [5, 5.41) is 2.66. The van der Waals surface area contributed by atoms with Crippen LogP contribution in [-0.4, -0.2) is 36.0 Å². The van der Waals surface area contributed by atoms with E-state index in [1.165, 1.54) is 0 Å². The van der Waals surface area contributed by atoms with Crippen LogP contribution in [0.15, 0.2) is 66.7 Å². The van der Waals surface area contributed by atoms with E-state index in [-0.39, 0.29) is 6.61 Å². The van der Waals surface area contributed by atoms with Gasteiger partial charge in [0.05, 0.1) is 0 Å². The first-order valence-corrected chi connectivity index (χ1v) is 8.57. The smallest absolute Gasteiger partial charge is 0.326 e. The highest BCUT2D eigenvalue weighted by molar-refractivity contribution is 6.08. The summed E-state index contributed by atoms with van der Waals surface area (Å²) in [6.45, 7) is 1.26. The van der Waals surface area contributed by atoms with Crippen LogP contribution in [0.4, 0.5) is 4.79 Å². The zero-order valence-corrected chi connectivity index (χ0v) is 14.9. The van der Waals surface area contributed by atoms with Crippen LogP contribution in [0.5, 0.6) is 0 Å². The lowest BCUT2D eigenvalue weighted by Gasteiger charge is -2.21. The topological polar surface area (TPSA) is 75.7 Å². The SMILES string of the molecule is C[C@@]1(c2ccccc2)NC(=O)N(CC(=O)OC/C=C/c2ccccc2)C1=O. The molecule has 3 amide bonds. The van der Waals surface area contributed by atoms with Gasteiger partial charge in [-0.2, -0.15) is 0 Å². The number of benzene rings is 2. The molecule has 1 saturated heterocycles. The molecule has 138 valence electrons. The standard InChI is InChI=1S/C21H20N2O4/c1-21(17-12-6-3-7-13-17)19(25)23(20(26)22-21)15-18(24)27-14-8-11-16-9-4-2-5-10-16/h2-13H,14-15H2,1H3,(H,22,26)/b11-8+/t21-/m0/s1. The number of carbonyl (C=O) groups is 3. The molecule has 1 fully saturated rings. The summed E-state index contributed by atoms with van der Waals surface area (Å²) in [4.78, 5) is 37.8. The van der Waals surface area contributed by atoms with E-state index >= 15 is 0 Å². The summed E-state index contributed by atoms with van der Waals surface area (Å²) in [7, 11) is 0. The van der Waals surface area contributed by atoms with Gasteiger partial charge in [0.15, 0.2) is 0 Å². The van der Waals surface area contributed by atoms with Gasteiger partial charge in [-0.15, -0.1) is 0 Å². The molecule has 0 unspecified atom stereocenters. The molecule has 0 saturated carbocycles. The van der Waals surface area contributed by atoms with E-state index in [4.69, 9.17) is 4.74 Å². The molecule has 6 heteroatoms. The van der Waals surface area contributed by atoms with Gasteiger partial charge in [-0.25, -0.2) is 4.79 Å². The second-order valence-electron chi connectivity index (χ2n) is 6.31. The molecule has 0 bridgehead atoms. The van der Waals surface area contributed by atoms with Crippen molar-refractivity contribution in [1.82, 2.24) is 10.2 Å². The molecular weight excluding hydrogens is 344 g/mol. The third-order valence-corrected chi connectivity index (χ3v) is 4.36. The molecule has 2 aromatic rings. The summed E-state index contributed by atoms with van der Waals surface area (Å²) in [5.41, 5.74) is 0.456. The average Bonchev–Trinajstić information content (AvgIpc) is 2.91. The first-order valence-electron chi connectivity index (χ1n) is 8.57. The third-order valence-electron chi connectivity index (χ3n) is 4.36. The highest BCUT2D eigenvalue weighted by atomic mass is 16.5. The van der Waals surface area contributed by atoms with Crippen LogP contribution in [0.3, 0.4) is 0 Å². The lowest BCUT2D eigenvalue weighted by molar-refractivity contribution is -0.146. The summed E-state index contributed by atoms with van der Waals surface area (Å²) < 4.78 is 5.10. The van der Waals surface area contributed by atoms with Crippen LogP contribution in [0.25, 0.3) is 6.08 Å². The molecule has 27 heavy (non-hydrogen) atoms. The van der Waals surface area contributed by atoms with Crippen LogP contribution in [0, 0.1) is 0 Å². The molecule has 1 N–H and O–H groups in total. The number of hydrogen-bond acceptors (Lipinski definition) is 4. The zero-order chi connectivity index (χ0) is 19.3. The van der Waals surface area contributed by atoms with Gasteiger partial charge >= 0.3 is 12.0 Å². The Balaban J connectivity index is 1.57. The number of amides is 3. The Morgan fingerprint density at radius 3 is 2.37 bits per heavy atom. The van der Waals surface area contributed by atoms with E-state index in [1.807, 2.05) is 42.5 Å². The Hall–Kier alpha value is -3.41. The molecule has 2 aromatic carbocycles. The molecular formula is C21H20N2O4. The van der Waals surface area contributed by atoms with Gasteiger partial charge in [0.2, 0.25) is 0 Å². The van der Waals surface area contributed by atoms with Crippen molar-refractivity contribution in [2.75, 3.05) is 13.2 Å². The minimum absolute atomic E-state index is 0.0628. The maximum atomic E-state index is 12.7. The Morgan fingerprint density at radius 1 is 1.07 bits per heavy atom. The molecule has 0 aliphatic carbocycles. The second-order valence-corrected chi connectivity index (χ2v) is 6.31. The van der Waals surface area contributed by atoms with Crippen molar-refractivity contribution in [3.05, 3.63) is 77.9 Å². The van der Waals surface area contributed by atoms with E-state index in [9.17, 15) is 14.4 Å². The first-order chi connectivity index (χ1) is 13.0. The van der Waals surface area contributed by atoms with Gasteiger partial charge in [-0.05, 0) is 24.1 Å². The van der Waals surface area contributed by atoms with Crippen molar-refractivity contribution in [3.63, 3.8) is 0 Å². The molecule has 1 aliphatic rings. The van der Waals surface area contributed by atoms with Gasteiger partial charge in [-0.1, -0.05) is 66.7 Å². The van der Waals surface area contributed by atoms with Gasteiger partial charge in [0.1, 0.15) is 18.7 Å². The number of nitrogens with zero attached hydrogens (tertiary/aromatic N) is 1. The fraction of sp³-hybridized carbons (Fsp3) is 0.190. The Morgan fingerprint density at radius 2 is 1.70 bits per heavy atom. The van der Waals surface area contributed by atoms with E-state index in [0.29, 0.717) is 5.56 Å². The predicted molar refractivity (Wildman–Crippen MR) is 100 cm³/mol. The lowest BCUT2D eigenvalue weighted by Crippen LogP contribution is -2.41. The van der Waals surface area contributed by atoms with Crippen LogP contribution >= 0.6 is 0 Å². The summed E-state index contributed by atoms with van der Waals surface area (Å²) in [5.74, 6) is -1.12. The van der Waals surface area contributed by atoms with Gasteiger partial charge in [-0.3, -0.25) is 14.5 Å². The molecule has 0 aromatic heterocycles. The van der Waals surface area contributed by atoms with E-state index < -0.39 is 30.0 Å². The van der Waals surface area contributed by atoms with E-state index in [1.54, 1.807) is 37.3 Å². The number of imide groups is 1. The monoisotopic (exact) mass is 364 g/mol. The summed E-state index contributed by atoms with van der Waals surface area (Å²) >= 11 is 0. The quantitative estimate of drug-likeness (QED) is 0.632. The highest BCUT2D eigenvalue weighted by Crippen LogP contribution is 2.28. The zero-order valence-electron chi connectivity index (χ0n) is 14.9. The number of carbonyl (C=O) groups excluding carboxylic acids is 3. The number of esters is 1. The largest absolute Gasteiger partial charge is 0.460 e. The van der Waals surface area contributed by atoms with Crippen molar-refractivity contribution < 1.29 is 19.1 Å². The van der Waals surface area contributed by atoms with Crippen LogP contribution in [0.1, 0.15) is 18.1 Å². The molecule has 1 heterocycles. The molecule has 3 rings (SSSR count). The van der Waals surface area contributed by atoms with Crippen LogP contribution < -0.4 is 5.32 Å². The van der Waals surface area contributed by atoms with Crippen molar-refractivity contribution in [2.45, 2.75) is 12.5 Å². The third kappa shape index (κ3) is 4.06. The number of urea groups is 1. The minimum atomic E-state index is -1.19. The summed E-state index contributed by atoms with van der Waals surface area (Å²) in [6.07, 6.45) is 3.53. The molecule has 0 radical (unpaired) electrons. The number of hydrogen-bond donors (Lipinski definition) is 1. The van der Waals surface area contributed by atoms with Gasteiger partial charge in [0.25, 0.3) is 5.91 Å². The average molecular weight is 364 g/mol. The number of nitrogens with one attached hydrogen (secondary N) is 1. The normalized spacial score (nSPS) is 19.4. The minimum Gasteiger partial charge on any atom is -0.460 e. The molecule has 1 aliphatic heterocycles. The fourth-order valence-electron chi connectivity index (χ4n) is 2.87. The van der Waals surface area contributed by atoms with Crippen molar-refractivity contribution in [3.8, 4) is 0 Å². The molecule has 6 nitrogen and oxygen atoms in total. The second kappa shape index (κ2) is 7.86.